The summed E-state index contributed by atoms with van der Waals surface area (Å²) in [5.41, 5.74) is 2.17. The number of hydrogen-bond donors (Lipinski definition) is 4. The molecule has 10 heteroatoms. The zero-order chi connectivity index (χ0) is 25.0. The average molecular weight is 506 g/mol. The van der Waals surface area contributed by atoms with Gasteiger partial charge in [-0.3, -0.25) is 4.79 Å². The first kappa shape index (κ1) is 25.1. The van der Waals surface area contributed by atoms with Crippen LogP contribution in [0.1, 0.15) is 42.7 Å². The zero-order valence-electron chi connectivity index (χ0n) is 19.2. The molecule has 7 nitrogen and oxygen atoms in total. The number of rotatable bonds is 9. The van der Waals surface area contributed by atoms with E-state index < -0.39 is 12.0 Å². The molecule has 4 N–H and O–H groups in total. The molecule has 188 valence electrons. The van der Waals surface area contributed by atoms with Crippen molar-refractivity contribution < 1.29 is 23.8 Å². The second-order valence-corrected chi connectivity index (χ2v) is 10.1. The fraction of sp³-hybridized carbons (Fsp3) is 0.440. The third kappa shape index (κ3) is 6.37. The van der Waals surface area contributed by atoms with Crippen molar-refractivity contribution in [1.29, 1.82) is 0 Å². The number of carboxylic acid groups (broad SMARTS) is 1. The van der Waals surface area contributed by atoms with E-state index in [0.29, 0.717) is 36.0 Å². The molecule has 1 heterocycles. The monoisotopic (exact) mass is 505 g/mol. The lowest BCUT2D eigenvalue weighted by atomic mass is 9.91. The van der Waals surface area contributed by atoms with E-state index in [-0.39, 0.29) is 48.5 Å². The summed E-state index contributed by atoms with van der Waals surface area (Å²) in [7, 11) is 0. The van der Waals surface area contributed by atoms with Crippen LogP contribution >= 0.6 is 11.3 Å². The van der Waals surface area contributed by atoms with Crippen molar-refractivity contribution in [3.8, 4) is 5.75 Å². The standard InChI is InChI=1S/C25H29F2N3O4S/c26-25(27)10-8-18(9-11-25)28-12-13-30(24(33)34)15-17(14-16-4-2-1-3-5-16)19-6-7-20(31)21-22(19)35-23(32)29-21/h1-7,17-18,28,31H,8-15H2,(H,29,32)(H,33,34). The van der Waals surface area contributed by atoms with Crippen molar-refractivity contribution in [2.45, 2.75) is 50.0 Å². The van der Waals surface area contributed by atoms with Crippen molar-refractivity contribution in [2.75, 3.05) is 19.6 Å². The van der Waals surface area contributed by atoms with E-state index in [1.807, 2.05) is 30.3 Å². The average Bonchev–Trinajstić information content (AvgIpc) is 3.22. The molecular weight excluding hydrogens is 476 g/mol. The second kappa shape index (κ2) is 10.7. The summed E-state index contributed by atoms with van der Waals surface area (Å²) in [6.45, 7) is 0.752. The van der Waals surface area contributed by atoms with Crippen LogP contribution in [0, 0.1) is 0 Å². The number of thiazole rings is 1. The van der Waals surface area contributed by atoms with E-state index in [2.05, 4.69) is 10.3 Å². The van der Waals surface area contributed by atoms with Crippen LogP contribution in [0.4, 0.5) is 13.6 Å². The Bertz CT molecular complexity index is 1200. The van der Waals surface area contributed by atoms with Gasteiger partial charge in [0.2, 0.25) is 5.92 Å². The summed E-state index contributed by atoms with van der Waals surface area (Å²) >= 11 is 0.993. The Kier molecular flexibility index (Phi) is 7.71. The Hall–Kier alpha value is -2.98. The van der Waals surface area contributed by atoms with E-state index in [9.17, 15) is 28.6 Å². The summed E-state index contributed by atoms with van der Waals surface area (Å²) in [6, 6.07) is 12.9. The number of nitrogens with zero attached hydrogens (tertiary/aromatic N) is 1. The molecule has 1 aliphatic carbocycles. The lowest BCUT2D eigenvalue weighted by Gasteiger charge is -2.30. The van der Waals surface area contributed by atoms with Crippen molar-refractivity contribution >= 4 is 27.6 Å². The first-order valence-electron chi connectivity index (χ1n) is 11.7. The predicted molar refractivity (Wildman–Crippen MR) is 132 cm³/mol. The zero-order valence-corrected chi connectivity index (χ0v) is 20.0. The van der Waals surface area contributed by atoms with Crippen LogP contribution in [0.5, 0.6) is 5.75 Å². The summed E-state index contributed by atoms with van der Waals surface area (Å²) < 4.78 is 27.4. The molecule has 1 aromatic heterocycles. The summed E-state index contributed by atoms with van der Waals surface area (Å²) in [4.78, 5) is 27.8. The van der Waals surface area contributed by atoms with Gasteiger partial charge in [0.15, 0.2) is 0 Å². The van der Waals surface area contributed by atoms with E-state index in [4.69, 9.17) is 0 Å². The van der Waals surface area contributed by atoms with E-state index >= 15 is 0 Å². The Morgan fingerprint density at radius 1 is 1.20 bits per heavy atom. The number of halogens is 2. The minimum atomic E-state index is -2.60. The number of amides is 1. The molecule has 0 spiro atoms. The molecule has 2 aromatic carbocycles. The first-order valence-corrected chi connectivity index (χ1v) is 12.5. The highest BCUT2D eigenvalue weighted by atomic mass is 32.1. The second-order valence-electron chi connectivity index (χ2n) is 9.09. The number of benzene rings is 2. The SMILES string of the molecule is O=C(O)N(CCNC1CCC(F)(F)CC1)CC(Cc1ccccc1)c1ccc(O)c2[nH]c(=O)sc12. The highest BCUT2D eigenvalue weighted by molar-refractivity contribution is 7.16. The Morgan fingerprint density at radius 2 is 1.91 bits per heavy atom. The van der Waals surface area contributed by atoms with Gasteiger partial charge in [-0.2, -0.15) is 0 Å². The number of phenols is 1. The lowest BCUT2D eigenvalue weighted by molar-refractivity contribution is -0.0404. The maximum atomic E-state index is 13.4. The molecule has 0 aliphatic heterocycles. The van der Waals surface area contributed by atoms with Gasteiger partial charge in [-0.25, -0.2) is 13.6 Å². The van der Waals surface area contributed by atoms with Crippen LogP contribution in [0.2, 0.25) is 0 Å². The molecule has 1 amide bonds. The maximum absolute atomic E-state index is 13.4. The Morgan fingerprint density at radius 3 is 2.60 bits per heavy atom. The van der Waals surface area contributed by atoms with E-state index in [0.717, 1.165) is 22.5 Å². The fourth-order valence-electron chi connectivity index (χ4n) is 4.71. The third-order valence-electron chi connectivity index (χ3n) is 6.60. The topological polar surface area (TPSA) is 106 Å². The molecule has 4 rings (SSSR count). The predicted octanol–water partition coefficient (Wildman–Crippen LogP) is 4.77. The van der Waals surface area contributed by atoms with Gasteiger partial charge in [0.1, 0.15) is 11.3 Å². The number of H-pyrrole nitrogens is 1. The lowest BCUT2D eigenvalue weighted by Crippen LogP contribution is -2.43. The number of alkyl halides is 2. The molecule has 0 radical (unpaired) electrons. The minimum Gasteiger partial charge on any atom is -0.506 e. The number of aromatic hydroxyl groups is 1. The molecule has 1 aliphatic rings. The minimum absolute atomic E-state index is 0.0297. The summed E-state index contributed by atoms with van der Waals surface area (Å²) in [6.07, 6.45) is -0.0892. The summed E-state index contributed by atoms with van der Waals surface area (Å²) in [5, 5.41) is 23.3. The van der Waals surface area contributed by atoms with Crippen LogP contribution in [-0.2, 0) is 6.42 Å². The van der Waals surface area contributed by atoms with Gasteiger partial charge in [-0.15, -0.1) is 0 Å². The molecule has 35 heavy (non-hydrogen) atoms. The third-order valence-corrected chi connectivity index (χ3v) is 7.53. The number of hydrogen-bond acceptors (Lipinski definition) is 5. The van der Waals surface area contributed by atoms with Crippen LogP contribution in [0.3, 0.4) is 0 Å². The van der Waals surface area contributed by atoms with Crippen molar-refractivity contribution in [3.05, 3.63) is 63.3 Å². The van der Waals surface area contributed by atoms with E-state index in [1.54, 1.807) is 6.07 Å². The Balaban J connectivity index is 1.52. The van der Waals surface area contributed by atoms with Gasteiger partial charge in [-0.1, -0.05) is 47.7 Å². The van der Waals surface area contributed by atoms with E-state index in [1.165, 1.54) is 11.0 Å². The molecule has 1 unspecified atom stereocenters. The Labute approximate surface area is 205 Å². The number of aromatic amines is 1. The molecule has 0 saturated heterocycles. The van der Waals surface area contributed by atoms with Gasteiger partial charge >= 0.3 is 11.0 Å². The van der Waals surface area contributed by atoms with Gasteiger partial charge in [-0.05, 0) is 36.5 Å². The highest BCUT2D eigenvalue weighted by Gasteiger charge is 2.34. The van der Waals surface area contributed by atoms with Gasteiger partial charge in [0.05, 0.1) is 4.70 Å². The quantitative estimate of drug-likeness (QED) is 0.335. The van der Waals surface area contributed by atoms with Crippen molar-refractivity contribution in [1.82, 2.24) is 15.2 Å². The molecule has 1 atom stereocenters. The summed E-state index contributed by atoms with van der Waals surface area (Å²) in [5.74, 6) is -2.90. The number of carbonyl (C=O) groups is 1. The van der Waals surface area contributed by atoms with Crippen LogP contribution in [0.15, 0.2) is 47.3 Å². The number of phenolic OH excluding ortho intramolecular Hbond substituents is 1. The van der Waals surface area contributed by atoms with Crippen LogP contribution < -0.4 is 10.2 Å². The van der Waals surface area contributed by atoms with Crippen molar-refractivity contribution in [3.63, 3.8) is 0 Å². The molecule has 3 aromatic rings. The smallest absolute Gasteiger partial charge is 0.407 e. The molecule has 1 fully saturated rings. The normalized spacial score (nSPS) is 16.9. The largest absolute Gasteiger partial charge is 0.506 e. The van der Waals surface area contributed by atoms with Gasteiger partial charge < -0.3 is 25.4 Å². The number of nitrogens with one attached hydrogen (secondary N) is 2. The van der Waals surface area contributed by atoms with Crippen molar-refractivity contribution in [2.24, 2.45) is 0 Å². The molecule has 1 saturated carbocycles. The number of fused-ring (bicyclic) bond motifs is 1. The molecule has 0 bridgehead atoms. The maximum Gasteiger partial charge on any atom is 0.407 e. The fourth-order valence-corrected chi connectivity index (χ4v) is 5.66. The first-order chi connectivity index (χ1) is 16.7. The highest BCUT2D eigenvalue weighted by Crippen LogP contribution is 2.35. The van der Waals surface area contributed by atoms with Gasteiger partial charge in [0, 0.05) is 44.4 Å². The molecular formula is C25H29F2N3O4S. The van der Waals surface area contributed by atoms with Crippen LogP contribution in [-0.4, -0.2) is 57.8 Å². The van der Waals surface area contributed by atoms with Gasteiger partial charge in [0.25, 0.3) is 0 Å². The van der Waals surface area contributed by atoms with Crippen LogP contribution in [0.25, 0.3) is 10.2 Å². The number of aromatic nitrogens is 1.